The smallest absolute Gasteiger partial charge is 0.340 e. The van der Waals surface area contributed by atoms with Gasteiger partial charge in [-0.1, -0.05) is 12.1 Å². The molecule has 6 nitrogen and oxygen atoms in total. The second-order valence-electron chi connectivity index (χ2n) is 6.09. The molecule has 0 bridgehead atoms. The molecule has 27 heavy (non-hydrogen) atoms. The summed E-state index contributed by atoms with van der Waals surface area (Å²) in [7, 11) is -2.40. The van der Waals surface area contributed by atoms with Crippen LogP contribution in [0.15, 0.2) is 53.4 Å². The highest BCUT2D eigenvalue weighted by molar-refractivity contribution is 7.92. The Hall–Kier alpha value is -1.96. The highest BCUT2D eigenvalue weighted by atomic mass is 35.5. The fraction of sp³-hybridized carbons (Fsp3) is 0.278. The molecule has 1 unspecified atom stereocenters. The first-order chi connectivity index (χ1) is 12.7. The van der Waals surface area contributed by atoms with E-state index >= 15 is 0 Å². The number of esters is 1. The lowest BCUT2D eigenvalue weighted by Gasteiger charge is -2.12. The maximum Gasteiger partial charge on any atom is 0.340 e. The maximum absolute atomic E-state index is 12.6. The molecule has 0 saturated heterocycles. The minimum atomic E-state index is -3.89. The fourth-order valence-electron chi connectivity index (χ4n) is 2.41. The van der Waals surface area contributed by atoms with Gasteiger partial charge in [0.25, 0.3) is 10.0 Å². The van der Waals surface area contributed by atoms with Gasteiger partial charge in [0.1, 0.15) is 10.1 Å². The van der Waals surface area contributed by atoms with E-state index in [4.69, 9.17) is 32.7 Å². The molecule has 0 aromatic heterocycles. The molecule has 144 valence electrons. The number of hydrogen-bond acceptors (Lipinski definition) is 5. The predicted octanol–water partition coefficient (Wildman–Crippen LogP) is 3.85. The first kappa shape index (κ1) is 19.8. The Bertz CT molecular complexity index is 944. The Morgan fingerprint density at radius 3 is 2.41 bits per heavy atom. The first-order valence-electron chi connectivity index (χ1n) is 8.04. The van der Waals surface area contributed by atoms with Gasteiger partial charge >= 0.3 is 5.97 Å². The van der Waals surface area contributed by atoms with E-state index in [0.717, 1.165) is 0 Å². The topological polar surface area (TPSA) is 81.7 Å². The van der Waals surface area contributed by atoms with Crippen molar-refractivity contribution >= 4 is 44.9 Å². The molecule has 1 saturated carbocycles. The summed E-state index contributed by atoms with van der Waals surface area (Å²) in [6.07, 6.45) is 0.551. The number of ether oxygens (including phenoxy) is 2. The second-order valence-corrected chi connectivity index (χ2v) is 9.31. The summed E-state index contributed by atoms with van der Waals surface area (Å²) in [5, 5.41) is 0. The Morgan fingerprint density at radius 2 is 1.81 bits per heavy atom. The van der Waals surface area contributed by atoms with Gasteiger partial charge < -0.3 is 9.47 Å². The van der Waals surface area contributed by atoms with E-state index in [2.05, 4.69) is 4.72 Å². The van der Waals surface area contributed by atoms with Crippen LogP contribution in [0.5, 0.6) is 5.75 Å². The zero-order valence-electron chi connectivity index (χ0n) is 14.3. The van der Waals surface area contributed by atoms with E-state index in [1.54, 1.807) is 12.1 Å². The zero-order valence-corrected chi connectivity index (χ0v) is 16.6. The number of carbonyl (C=O) groups is 1. The lowest BCUT2D eigenvalue weighted by Crippen LogP contribution is -2.17. The number of sulfonamides is 1. The molecule has 1 aliphatic carbocycles. The van der Waals surface area contributed by atoms with Gasteiger partial charge in [0.2, 0.25) is 0 Å². The van der Waals surface area contributed by atoms with Crippen LogP contribution < -0.4 is 9.46 Å². The minimum Gasteiger partial charge on any atom is -0.497 e. The first-order valence-corrected chi connectivity index (χ1v) is 10.3. The van der Waals surface area contributed by atoms with Gasteiger partial charge in [0, 0.05) is 5.92 Å². The van der Waals surface area contributed by atoms with Crippen LogP contribution in [0.3, 0.4) is 0 Å². The van der Waals surface area contributed by atoms with Gasteiger partial charge in [-0.2, -0.15) is 0 Å². The third-order valence-electron chi connectivity index (χ3n) is 4.13. The summed E-state index contributed by atoms with van der Waals surface area (Å²) in [6, 6.07) is 12.1. The summed E-state index contributed by atoms with van der Waals surface area (Å²) >= 11 is 11.8. The number of nitrogens with one attached hydrogen (secondary N) is 1. The van der Waals surface area contributed by atoms with Crippen LogP contribution in [0.4, 0.5) is 5.69 Å². The normalized spacial score (nSPS) is 17.8. The van der Waals surface area contributed by atoms with Crippen LogP contribution in [0.1, 0.15) is 16.8 Å². The Kier molecular flexibility index (Phi) is 5.55. The lowest BCUT2D eigenvalue weighted by molar-refractivity contribution is 0.0486. The van der Waals surface area contributed by atoms with Gasteiger partial charge in [0.15, 0.2) is 0 Å². The number of methoxy groups -OCH3 is 1. The van der Waals surface area contributed by atoms with Crippen molar-refractivity contribution in [2.45, 2.75) is 15.6 Å². The zero-order chi connectivity index (χ0) is 19.7. The van der Waals surface area contributed by atoms with Gasteiger partial charge in [0.05, 0.1) is 29.9 Å². The SMILES string of the molecule is COc1ccc(S(=O)(=O)Nc2ccccc2C(=O)OCC2CC2(Cl)Cl)cc1. The molecule has 9 heteroatoms. The number of halogens is 2. The molecule has 2 aromatic rings. The molecule has 0 aliphatic heterocycles. The van der Waals surface area contributed by atoms with E-state index in [-0.39, 0.29) is 28.7 Å². The number of para-hydroxylation sites is 1. The van der Waals surface area contributed by atoms with Crippen LogP contribution in [0.2, 0.25) is 0 Å². The van der Waals surface area contributed by atoms with Crippen LogP contribution in [-0.4, -0.2) is 32.4 Å². The molecular formula is C18H17Cl2NO5S. The number of anilines is 1. The van der Waals surface area contributed by atoms with E-state index in [0.29, 0.717) is 12.2 Å². The monoisotopic (exact) mass is 429 g/mol. The molecule has 0 heterocycles. The predicted molar refractivity (Wildman–Crippen MR) is 103 cm³/mol. The van der Waals surface area contributed by atoms with Crippen LogP contribution >= 0.6 is 23.2 Å². The molecule has 2 aromatic carbocycles. The highest BCUT2D eigenvalue weighted by Gasteiger charge is 2.52. The van der Waals surface area contributed by atoms with Crippen molar-refractivity contribution in [1.29, 1.82) is 0 Å². The molecule has 0 spiro atoms. The van der Waals surface area contributed by atoms with Crippen molar-refractivity contribution in [3.63, 3.8) is 0 Å². The summed E-state index contributed by atoms with van der Waals surface area (Å²) in [6.45, 7) is 0.0748. The van der Waals surface area contributed by atoms with Gasteiger partial charge in [-0.25, -0.2) is 13.2 Å². The maximum atomic E-state index is 12.6. The number of alkyl halides is 2. The third kappa shape index (κ3) is 4.66. The van der Waals surface area contributed by atoms with Crippen molar-refractivity contribution in [2.24, 2.45) is 5.92 Å². The fourth-order valence-corrected chi connectivity index (χ4v) is 3.99. The van der Waals surface area contributed by atoms with Gasteiger partial charge in [-0.05, 0) is 42.8 Å². The summed E-state index contributed by atoms with van der Waals surface area (Å²) in [4.78, 5) is 12.4. The minimum absolute atomic E-state index is 0.0403. The molecule has 3 rings (SSSR count). The average Bonchev–Trinajstić information content (AvgIpc) is 3.26. The summed E-state index contributed by atoms with van der Waals surface area (Å²) < 4.78 is 37.0. The molecular weight excluding hydrogens is 413 g/mol. The van der Waals surface area contributed by atoms with E-state index in [1.807, 2.05) is 0 Å². The van der Waals surface area contributed by atoms with Crippen LogP contribution in [0, 0.1) is 5.92 Å². The Labute approximate surface area is 167 Å². The number of carbonyl (C=O) groups excluding carboxylic acids is 1. The van der Waals surface area contributed by atoms with Crippen LogP contribution in [0.25, 0.3) is 0 Å². The quantitative estimate of drug-likeness (QED) is 0.533. The lowest BCUT2D eigenvalue weighted by atomic mass is 10.2. The van der Waals surface area contributed by atoms with Gasteiger partial charge in [-0.3, -0.25) is 4.72 Å². The molecule has 1 atom stereocenters. The Morgan fingerprint density at radius 1 is 1.19 bits per heavy atom. The average molecular weight is 430 g/mol. The van der Waals surface area contributed by atoms with Crippen molar-refractivity contribution in [1.82, 2.24) is 0 Å². The molecule has 1 N–H and O–H groups in total. The molecule has 1 aliphatic rings. The van der Waals surface area contributed by atoms with E-state index in [9.17, 15) is 13.2 Å². The van der Waals surface area contributed by atoms with Crippen molar-refractivity contribution in [2.75, 3.05) is 18.4 Å². The van der Waals surface area contributed by atoms with Crippen molar-refractivity contribution in [3.05, 3.63) is 54.1 Å². The summed E-state index contributed by atoms with van der Waals surface area (Å²) in [5.74, 6) is -0.236. The number of rotatable bonds is 7. The van der Waals surface area contributed by atoms with Gasteiger partial charge in [-0.15, -0.1) is 23.2 Å². The second kappa shape index (κ2) is 7.58. The standard InChI is InChI=1S/C18H17Cl2NO5S/c1-25-13-6-8-14(9-7-13)27(23,24)21-16-5-3-2-4-15(16)17(22)26-11-12-10-18(12,19)20/h2-9,12,21H,10-11H2,1H3. The van der Waals surface area contributed by atoms with E-state index < -0.39 is 20.3 Å². The van der Waals surface area contributed by atoms with Crippen molar-refractivity contribution in [3.8, 4) is 5.75 Å². The summed E-state index contributed by atoms with van der Waals surface area (Å²) in [5.41, 5.74) is 0.224. The van der Waals surface area contributed by atoms with Crippen LogP contribution in [-0.2, 0) is 14.8 Å². The number of hydrogen-bond donors (Lipinski definition) is 1. The largest absolute Gasteiger partial charge is 0.497 e. The van der Waals surface area contributed by atoms with E-state index in [1.165, 1.54) is 43.5 Å². The number of benzene rings is 2. The molecule has 1 fully saturated rings. The Balaban J connectivity index is 1.75. The van der Waals surface area contributed by atoms with Crippen molar-refractivity contribution < 1.29 is 22.7 Å². The molecule has 0 radical (unpaired) electrons. The molecule has 0 amide bonds. The third-order valence-corrected chi connectivity index (χ3v) is 6.44. The highest BCUT2D eigenvalue weighted by Crippen LogP contribution is 2.53.